The molecule has 0 spiro atoms. The Morgan fingerprint density at radius 3 is 2.79 bits per heavy atom. The van der Waals surface area contributed by atoms with Crippen LogP contribution in [0.2, 0.25) is 0 Å². The lowest BCUT2D eigenvalue weighted by molar-refractivity contribution is 0.0677. The van der Waals surface area contributed by atoms with Gasteiger partial charge in [-0.1, -0.05) is 48.6 Å². The van der Waals surface area contributed by atoms with E-state index < -0.39 is 0 Å². The zero-order valence-corrected chi connectivity index (χ0v) is 14.6. The smallest absolute Gasteiger partial charge is 0.410 e. The van der Waals surface area contributed by atoms with Crippen molar-refractivity contribution < 1.29 is 9.53 Å². The fourth-order valence-corrected chi connectivity index (χ4v) is 3.45. The molecule has 126 valence electrons. The number of carbonyl (C=O) groups is 1. The third kappa shape index (κ3) is 3.85. The third-order valence-corrected chi connectivity index (χ3v) is 4.70. The van der Waals surface area contributed by atoms with Crippen molar-refractivity contribution >= 4 is 18.3 Å². The number of piperidine rings is 1. The SMILES string of the molecule is Cc1[nH]c(=S)ccc1C1CCCCN1C(=O)OCc1ccccc1. The number of amides is 1. The molecule has 1 saturated heterocycles. The maximum Gasteiger partial charge on any atom is 0.410 e. The Bertz CT molecular complexity index is 757. The fourth-order valence-electron chi connectivity index (χ4n) is 3.23. The second-order valence-corrected chi connectivity index (χ2v) is 6.59. The van der Waals surface area contributed by atoms with E-state index in [4.69, 9.17) is 17.0 Å². The molecule has 1 N–H and O–H groups in total. The molecule has 2 aromatic rings. The van der Waals surface area contributed by atoms with E-state index in [1.807, 2.05) is 54.3 Å². The summed E-state index contributed by atoms with van der Waals surface area (Å²) in [5.41, 5.74) is 3.15. The van der Waals surface area contributed by atoms with Crippen LogP contribution in [0.25, 0.3) is 0 Å². The molecular formula is C19H22N2O2S. The van der Waals surface area contributed by atoms with Crippen LogP contribution >= 0.6 is 12.2 Å². The molecule has 1 amide bonds. The minimum atomic E-state index is -0.245. The van der Waals surface area contributed by atoms with Gasteiger partial charge >= 0.3 is 6.09 Å². The van der Waals surface area contributed by atoms with Crippen LogP contribution in [0.15, 0.2) is 42.5 Å². The summed E-state index contributed by atoms with van der Waals surface area (Å²) in [7, 11) is 0. The van der Waals surface area contributed by atoms with Gasteiger partial charge < -0.3 is 14.6 Å². The number of carbonyl (C=O) groups excluding carboxylic acids is 1. The first-order chi connectivity index (χ1) is 11.6. The number of H-pyrrole nitrogens is 1. The first-order valence-electron chi connectivity index (χ1n) is 8.32. The normalized spacial score (nSPS) is 17.5. The molecule has 0 aliphatic carbocycles. The molecule has 0 radical (unpaired) electrons. The van der Waals surface area contributed by atoms with Crippen molar-refractivity contribution in [1.29, 1.82) is 0 Å². The van der Waals surface area contributed by atoms with Gasteiger partial charge in [-0.3, -0.25) is 0 Å². The summed E-state index contributed by atoms with van der Waals surface area (Å²) < 4.78 is 6.25. The van der Waals surface area contributed by atoms with Crippen molar-refractivity contribution in [2.45, 2.75) is 38.8 Å². The summed E-state index contributed by atoms with van der Waals surface area (Å²) in [5, 5.41) is 0. The van der Waals surface area contributed by atoms with Crippen molar-refractivity contribution in [2.75, 3.05) is 6.54 Å². The van der Waals surface area contributed by atoms with Gasteiger partial charge in [-0.15, -0.1) is 0 Å². The molecule has 4 nitrogen and oxygen atoms in total. The molecule has 5 heteroatoms. The number of aryl methyl sites for hydroxylation is 1. The summed E-state index contributed by atoms with van der Waals surface area (Å²) in [6.07, 6.45) is 2.83. The van der Waals surface area contributed by atoms with Gasteiger partial charge in [-0.25, -0.2) is 4.79 Å². The first kappa shape index (κ1) is 16.7. The lowest BCUT2D eigenvalue weighted by Gasteiger charge is -2.35. The van der Waals surface area contributed by atoms with Gasteiger partial charge in [-0.05, 0) is 43.4 Å². The van der Waals surface area contributed by atoms with Gasteiger partial charge in [0.05, 0.1) is 6.04 Å². The highest BCUT2D eigenvalue weighted by atomic mass is 32.1. The average Bonchev–Trinajstić information content (AvgIpc) is 2.61. The van der Waals surface area contributed by atoms with E-state index in [0.29, 0.717) is 11.2 Å². The maximum absolute atomic E-state index is 12.6. The van der Waals surface area contributed by atoms with Crippen molar-refractivity contribution in [1.82, 2.24) is 9.88 Å². The van der Waals surface area contributed by atoms with Gasteiger partial charge in [0.15, 0.2) is 0 Å². The summed E-state index contributed by atoms with van der Waals surface area (Å²) in [6, 6.07) is 13.7. The minimum absolute atomic E-state index is 0.0499. The monoisotopic (exact) mass is 342 g/mol. The number of hydrogen-bond donors (Lipinski definition) is 1. The van der Waals surface area contributed by atoms with Gasteiger partial charge in [0.2, 0.25) is 0 Å². The van der Waals surface area contributed by atoms with Crippen LogP contribution in [0, 0.1) is 11.6 Å². The Morgan fingerprint density at radius 1 is 1.25 bits per heavy atom. The number of rotatable bonds is 3. The van der Waals surface area contributed by atoms with E-state index >= 15 is 0 Å². The summed E-state index contributed by atoms with van der Waals surface area (Å²) >= 11 is 5.18. The molecular weight excluding hydrogens is 320 g/mol. The highest BCUT2D eigenvalue weighted by Crippen LogP contribution is 2.32. The van der Waals surface area contributed by atoms with E-state index in [1.54, 1.807) is 0 Å². The number of hydrogen-bond acceptors (Lipinski definition) is 3. The van der Waals surface area contributed by atoms with Crippen molar-refractivity contribution in [3.05, 3.63) is 63.9 Å². The Morgan fingerprint density at radius 2 is 2.04 bits per heavy atom. The van der Waals surface area contributed by atoms with Gasteiger partial charge in [-0.2, -0.15) is 0 Å². The molecule has 0 saturated carbocycles. The van der Waals surface area contributed by atoms with E-state index in [-0.39, 0.29) is 12.1 Å². The molecule has 1 aromatic heterocycles. The molecule has 24 heavy (non-hydrogen) atoms. The van der Waals surface area contributed by atoms with E-state index in [2.05, 4.69) is 4.98 Å². The zero-order valence-electron chi connectivity index (χ0n) is 13.8. The van der Waals surface area contributed by atoms with Gasteiger partial charge in [0.25, 0.3) is 0 Å². The van der Waals surface area contributed by atoms with Crippen molar-refractivity contribution in [3.63, 3.8) is 0 Å². The highest BCUT2D eigenvalue weighted by molar-refractivity contribution is 7.71. The van der Waals surface area contributed by atoms with Gasteiger partial charge in [0, 0.05) is 12.2 Å². The number of likely N-dealkylation sites (tertiary alicyclic amines) is 1. The number of pyridine rings is 1. The second kappa shape index (κ2) is 7.62. The summed E-state index contributed by atoms with van der Waals surface area (Å²) in [5.74, 6) is 0. The van der Waals surface area contributed by atoms with E-state index in [1.165, 1.54) is 0 Å². The largest absolute Gasteiger partial charge is 0.445 e. The number of ether oxygens (including phenoxy) is 1. The Labute approximate surface area is 147 Å². The second-order valence-electron chi connectivity index (χ2n) is 6.15. The molecule has 3 rings (SSSR count). The Balaban J connectivity index is 1.74. The van der Waals surface area contributed by atoms with Gasteiger partial charge in [0.1, 0.15) is 11.2 Å². The van der Waals surface area contributed by atoms with Crippen LogP contribution < -0.4 is 0 Å². The van der Waals surface area contributed by atoms with Crippen LogP contribution in [-0.2, 0) is 11.3 Å². The van der Waals surface area contributed by atoms with Crippen molar-refractivity contribution in [3.8, 4) is 0 Å². The number of nitrogens with one attached hydrogen (secondary N) is 1. The van der Waals surface area contributed by atoms with Crippen LogP contribution in [0.3, 0.4) is 0 Å². The maximum atomic E-state index is 12.6. The molecule has 1 fully saturated rings. The molecule has 1 unspecified atom stereocenters. The summed E-state index contributed by atoms with van der Waals surface area (Å²) in [4.78, 5) is 17.6. The van der Waals surface area contributed by atoms with Crippen molar-refractivity contribution in [2.24, 2.45) is 0 Å². The standard InChI is InChI=1S/C19H22N2O2S/c1-14-16(10-11-18(24)20-14)17-9-5-6-12-21(17)19(22)23-13-15-7-3-2-4-8-15/h2-4,7-8,10-11,17H,5-6,9,12-13H2,1H3,(H,20,24). The highest BCUT2D eigenvalue weighted by Gasteiger charge is 2.30. The topological polar surface area (TPSA) is 45.3 Å². The lowest BCUT2D eigenvalue weighted by Crippen LogP contribution is -2.39. The molecule has 2 heterocycles. The third-order valence-electron chi connectivity index (χ3n) is 4.46. The fraction of sp³-hybridized carbons (Fsp3) is 0.368. The minimum Gasteiger partial charge on any atom is -0.445 e. The number of nitrogens with zero attached hydrogens (tertiary/aromatic N) is 1. The average molecular weight is 342 g/mol. The molecule has 1 atom stereocenters. The first-order valence-corrected chi connectivity index (χ1v) is 8.73. The Hall–Kier alpha value is -2.14. The van der Waals surface area contributed by atoms with Crippen LogP contribution in [0.4, 0.5) is 4.79 Å². The van der Waals surface area contributed by atoms with E-state index in [9.17, 15) is 4.79 Å². The van der Waals surface area contributed by atoms with Crippen LogP contribution in [0.5, 0.6) is 0 Å². The molecule has 0 bridgehead atoms. The Kier molecular flexibility index (Phi) is 5.30. The summed E-state index contributed by atoms with van der Waals surface area (Å²) in [6.45, 7) is 3.04. The van der Waals surface area contributed by atoms with Crippen LogP contribution in [0.1, 0.15) is 42.1 Å². The quantitative estimate of drug-likeness (QED) is 0.806. The molecule has 1 aliphatic rings. The predicted octanol–water partition coefficient (Wildman–Crippen LogP) is 4.92. The van der Waals surface area contributed by atoms with E-state index in [0.717, 1.165) is 42.6 Å². The molecule has 1 aliphatic heterocycles. The number of benzene rings is 1. The lowest BCUT2D eigenvalue weighted by atomic mass is 9.95. The zero-order chi connectivity index (χ0) is 16.9. The number of aromatic nitrogens is 1. The predicted molar refractivity (Wildman–Crippen MR) is 96.3 cm³/mol. The van der Waals surface area contributed by atoms with Crippen LogP contribution in [-0.4, -0.2) is 22.5 Å². The number of aromatic amines is 1. The molecule has 1 aromatic carbocycles.